The monoisotopic (exact) mass is 304 g/mol. The Kier molecular flexibility index (Phi) is 3.80. The van der Waals surface area contributed by atoms with Crippen LogP contribution in [0, 0.1) is 5.92 Å². The van der Waals surface area contributed by atoms with Gasteiger partial charge >= 0.3 is 6.18 Å². The van der Waals surface area contributed by atoms with E-state index in [0.29, 0.717) is 13.1 Å². The molecular formula is C16H27F3N2. The van der Waals surface area contributed by atoms with E-state index in [-0.39, 0.29) is 30.3 Å². The Bertz CT molecular complexity index is 381. The Hall–Kier alpha value is -0.290. The maximum Gasteiger partial charge on any atom is 0.406 e. The number of piperazine rings is 1. The van der Waals surface area contributed by atoms with Crippen molar-refractivity contribution in [1.82, 2.24) is 10.2 Å². The second-order valence-electron chi connectivity index (χ2n) is 7.69. The minimum Gasteiger partial charge on any atom is -0.308 e. The average molecular weight is 304 g/mol. The van der Waals surface area contributed by atoms with Crippen molar-refractivity contribution in [3.63, 3.8) is 0 Å². The maximum atomic E-state index is 13.6. The Morgan fingerprint density at radius 1 is 1.05 bits per heavy atom. The molecule has 21 heavy (non-hydrogen) atoms. The van der Waals surface area contributed by atoms with Gasteiger partial charge in [0, 0.05) is 24.7 Å². The molecule has 2 aliphatic carbocycles. The van der Waals surface area contributed by atoms with E-state index in [4.69, 9.17) is 0 Å². The Morgan fingerprint density at radius 2 is 1.67 bits per heavy atom. The largest absolute Gasteiger partial charge is 0.406 e. The highest BCUT2D eigenvalue weighted by Crippen LogP contribution is 2.56. The van der Waals surface area contributed by atoms with Gasteiger partial charge in [0.05, 0.1) is 0 Å². The summed E-state index contributed by atoms with van der Waals surface area (Å²) < 4.78 is 40.8. The molecular weight excluding hydrogens is 277 g/mol. The molecule has 1 saturated heterocycles. The van der Waals surface area contributed by atoms with Crippen LogP contribution in [-0.2, 0) is 0 Å². The number of nitrogens with zero attached hydrogens (tertiary/aromatic N) is 1. The van der Waals surface area contributed by atoms with Gasteiger partial charge in [0.15, 0.2) is 0 Å². The van der Waals surface area contributed by atoms with Crippen molar-refractivity contribution in [3.8, 4) is 0 Å². The SMILES string of the molecule is CC(C)C1CNC2(CCCCC2)CN1C1(C(F)(F)F)CC1. The molecule has 3 aliphatic rings. The molecule has 0 aromatic carbocycles. The molecule has 1 unspecified atom stereocenters. The summed E-state index contributed by atoms with van der Waals surface area (Å²) in [7, 11) is 0. The van der Waals surface area contributed by atoms with Gasteiger partial charge in [-0.3, -0.25) is 4.90 Å². The third-order valence-corrected chi connectivity index (χ3v) is 5.94. The molecule has 1 atom stereocenters. The Morgan fingerprint density at radius 3 is 2.14 bits per heavy atom. The van der Waals surface area contributed by atoms with Crippen molar-refractivity contribution in [1.29, 1.82) is 0 Å². The van der Waals surface area contributed by atoms with E-state index in [0.717, 1.165) is 25.7 Å². The first-order chi connectivity index (χ1) is 9.80. The summed E-state index contributed by atoms with van der Waals surface area (Å²) in [6, 6.07) is 0.00155. The Balaban J connectivity index is 1.85. The molecule has 0 radical (unpaired) electrons. The number of rotatable bonds is 2. The predicted molar refractivity (Wildman–Crippen MR) is 77.2 cm³/mol. The first kappa shape index (κ1) is 15.6. The van der Waals surface area contributed by atoms with Gasteiger partial charge in [-0.2, -0.15) is 13.2 Å². The van der Waals surface area contributed by atoms with Crippen LogP contribution in [0.5, 0.6) is 0 Å². The summed E-state index contributed by atoms with van der Waals surface area (Å²) in [5.41, 5.74) is -1.58. The predicted octanol–water partition coefficient (Wildman–Crippen LogP) is 3.71. The normalized spacial score (nSPS) is 32.6. The number of nitrogens with one attached hydrogen (secondary N) is 1. The van der Waals surface area contributed by atoms with Gasteiger partial charge in [-0.25, -0.2) is 0 Å². The minimum absolute atomic E-state index is 0.00155. The van der Waals surface area contributed by atoms with Crippen LogP contribution in [-0.4, -0.2) is 41.3 Å². The highest BCUT2D eigenvalue weighted by molar-refractivity contribution is 5.15. The van der Waals surface area contributed by atoms with Crippen LogP contribution in [0.1, 0.15) is 58.8 Å². The van der Waals surface area contributed by atoms with E-state index < -0.39 is 11.7 Å². The first-order valence-corrected chi connectivity index (χ1v) is 8.38. The van der Waals surface area contributed by atoms with Crippen LogP contribution in [0.15, 0.2) is 0 Å². The third-order valence-electron chi connectivity index (χ3n) is 5.94. The van der Waals surface area contributed by atoms with Crippen molar-refractivity contribution < 1.29 is 13.2 Å². The summed E-state index contributed by atoms with van der Waals surface area (Å²) in [6.07, 6.45) is 2.06. The molecule has 0 bridgehead atoms. The molecule has 3 rings (SSSR count). The molecule has 0 aromatic heterocycles. The number of hydrogen-bond donors (Lipinski definition) is 1. The summed E-state index contributed by atoms with van der Waals surface area (Å²) in [6.45, 7) is 5.38. The molecule has 3 fully saturated rings. The molecule has 0 aromatic rings. The van der Waals surface area contributed by atoms with Crippen LogP contribution in [0.2, 0.25) is 0 Å². The summed E-state index contributed by atoms with van der Waals surface area (Å²) in [5, 5.41) is 3.64. The zero-order valence-electron chi connectivity index (χ0n) is 13.1. The third kappa shape index (κ3) is 2.61. The second-order valence-corrected chi connectivity index (χ2v) is 7.69. The van der Waals surface area contributed by atoms with Gasteiger partial charge in [-0.05, 0) is 31.6 Å². The zero-order chi connectivity index (χ0) is 15.3. The molecule has 0 amide bonds. The van der Waals surface area contributed by atoms with Gasteiger partial charge in [-0.15, -0.1) is 0 Å². The first-order valence-electron chi connectivity index (χ1n) is 8.38. The van der Waals surface area contributed by atoms with Crippen LogP contribution in [0.3, 0.4) is 0 Å². The Labute approximate surface area is 125 Å². The minimum atomic E-state index is -4.09. The van der Waals surface area contributed by atoms with Crippen molar-refractivity contribution in [2.45, 2.75) is 82.1 Å². The van der Waals surface area contributed by atoms with Crippen molar-refractivity contribution in [2.75, 3.05) is 13.1 Å². The van der Waals surface area contributed by atoms with Gasteiger partial charge in [0.2, 0.25) is 0 Å². The smallest absolute Gasteiger partial charge is 0.308 e. The summed E-state index contributed by atoms with van der Waals surface area (Å²) in [4.78, 5) is 1.85. The van der Waals surface area contributed by atoms with Gasteiger partial charge in [0.1, 0.15) is 5.54 Å². The summed E-state index contributed by atoms with van der Waals surface area (Å²) >= 11 is 0. The fraction of sp³-hybridized carbons (Fsp3) is 1.00. The van der Waals surface area contributed by atoms with E-state index in [2.05, 4.69) is 5.32 Å². The number of hydrogen-bond acceptors (Lipinski definition) is 2. The van der Waals surface area contributed by atoms with E-state index in [1.54, 1.807) is 0 Å². The van der Waals surface area contributed by atoms with Crippen LogP contribution in [0.25, 0.3) is 0 Å². The van der Waals surface area contributed by atoms with Gasteiger partial charge < -0.3 is 5.32 Å². The zero-order valence-corrected chi connectivity index (χ0v) is 13.1. The lowest BCUT2D eigenvalue weighted by atomic mass is 9.78. The van der Waals surface area contributed by atoms with Crippen LogP contribution < -0.4 is 5.32 Å². The van der Waals surface area contributed by atoms with Crippen molar-refractivity contribution in [2.24, 2.45) is 5.92 Å². The van der Waals surface area contributed by atoms with Crippen LogP contribution in [0.4, 0.5) is 13.2 Å². The molecule has 5 heteroatoms. The van der Waals surface area contributed by atoms with Crippen molar-refractivity contribution >= 4 is 0 Å². The fourth-order valence-electron chi connectivity index (χ4n) is 4.41. The van der Waals surface area contributed by atoms with E-state index in [9.17, 15) is 13.2 Å². The number of alkyl halides is 3. The maximum absolute atomic E-state index is 13.6. The quantitative estimate of drug-likeness (QED) is 0.836. The van der Waals surface area contributed by atoms with E-state index in [1.807, 2.05) is 18.7 Å². The lowest BCUT2D eigenvalue weighted by Gasteiger charge is -2.53. The highest BCUT2D eigenvalue weighted by Gasteiger charge is 2.69. The summed E-state index contributed by atoms with van der Waals surface area (Å²) in [5.74, 6) is 0.248. The lowest BCUT2D eigenvalue weighted by molar-refractivity contribution is -0.212. The van der Waals surface area contributed by atoms with Gasteiger partial charge in [-0.1, -0.05) is 33.1 Å². The molecule has 1 spiro atoms. The number of halogens is 3. The molecule has 1 N–H and O–H groups in total. The van der Waals surface area contributed by atoms with Crippen molar-refractivity contribution in [3.05, 3.63) is 0 Å². The van der Waals surface area contributed by atoms with E-state index >= 15 is 0 Å². The molecule has 2 saturated carbocycles. The van der Waals surface area contributed by atoms with Crippen LogP contribution >= 0.6 is 0 Å². The topological polar surface area (TPSA) is 15.3 Å². The molecule has 122 valence electrons. The lowest BCUT2D eigenvalue weighted by Crippen LogP contribution is -2.70. The van der Waals surface area contributed by atoms with Gasteiger partial charge in [0.25, 0.3) is 0 Å². The van der Waals surface area contributed by atoms with E-state index in [1.165, 1.54) is 6.42 Å². The second kappa shape index (κ2) is 5.12. The molecule has 2 nitrogen and oxygen atoms in total. The average Bonchev–Trinajstić information content (AvgIpc) is 3.20. The fourth-order valence-corrected chi connectivity index (χ4v) is 4.41. The standard InChI is InChI=1S/C16H27F3N2/c1-12(2)13-10-20-14(6-4-3-5-7-14)11-21(13)15(8-9-15)16(17,18)19/h12-13,20H,3-11H2,1-2H3. The molecule has 1 heterocycles. The highest BCUT2D eigenvalue weighted by atomic mass is 19.4. The molecule has 1 aliphatic heterocycles.